The number of fused-ring (bicyclic) bond motifs is 1. The molecule has 0 unspecified atom stereocenters. The molecule has 0 saturated carbocycles. The minimum Gasteiger partial charge on any atom is -0.235 e. The molecular weight excluding hydrogens is 258 g/mol. The topological polar surface area (TPSA) is 41.6 Å². The standard InChI is InChI=1S/C15H10ClN3/c16-11-4-3-5-12(10-11)19-15(8-9-17)13-6-1-2-7-14(13)18-19/h1-7,10H,8H2. The molecule has 1 heterocycles. The molecule has 0 aliphatic rings. The Balaban J connectivity index is 2.28. The maximum absolute atomic E-state index is 9.01. The number of nitriles is 1. The third-order valence-corrected chi connectivity index (χ3v) is 3.21. The Kier molecular flexibility index (Phi) is 2.94. The molecule has 0 saturated heterocycles. The highest BCUT2D eigenvalue weighted by atomic mass is 35.5. The Morgan fingerprint density at radius 2 is 2.00 bits per heavy atom. The second-order valence-corrected chi connectivity index (χ2v) is 4.63. The lowest BCUT2D eigenvalue weighted by Crippen LogP contribution is -2.01. The van der Waals surface area contributed by atoms with E-state index in [1.165, 1.54) is 0 Å². The SMILES string of the molecule is N#CCc1c2ccccc2nn1-c1cccc(Cl)c1. The van der Waals surface area contributed by atoms with Crippen LogP contribution in [0.5, 0.6) is 0 Å². The fraction of sp³-hybridized carbons (Fsp3) is 0.0667. The van der Waals surface area contributed by atoms with Crippen molar-refractivity contribution in [1.82, 2.24) is 9.78 Å². The Labute approximate surface area is 115 Å². The van der Waals surface area contributed by atoms with Crippen molar-refractivity contribution in [3.63, 3.8) is 0 Å². The summed E-state index contributed by atoms with van der Waals surface area (Å²) in [7, 11) is 0. The quantitative estimate of drug-likeness (QED) is 0.710. The van der Waals surface area contributed by atoms with Crippen LogP contribution in [0.25, 0.3) is 16.6 Å². The lowest BCUT2D eigenvalue weighted by Gasteiger charge is -2.05. The lowest BCUT2D eigenvalue weighted by atomic mass is 10.2. The fourth-order valence-electron chi connectivity index (χ4n) is 2.15. The first-order valence-corrected chi connectivity index (χ1v) is 6.27. The monoisotopic (exact) mass is 267 g/mol. The summed E-state index contributed by atoms with van der Waals surface area (Å²) in [4.78, 5) is 0. The first kappa shape index (κ1) is 11.8. The summed E-state index contributed by atoms with van der Waals surface area (Å²) < 4.78 is 1.79. The molecule has 3 aromatic rings. The maximum Gasteiger partial charge on any atom is 0.0931 e. The van der Waals surface area contributed by atoms with Crippen molar-refractivity contribution >= 4 is 22.5 Å². The van der Waals surface area contributed by atoms with Gasteiger partial charge in [0.15, 0.2) is 0 Å². The number of rotatable bonds is 2. The molecule has 3 nitrogen and oxygen atoms in total. The van der Waals surface area contributed by atoms with Crippen molar-refractivity contribution in [1.29, 1.82) is 5.26 Å². The minimum absolute atomic E-state index is 0.313. The first-order valence-electron chi connectivity index (χ1n) is 5.89. The Hall–Kier alpha value is -2.31. The summed E-state index contributed by atoms with van der Waals surface area (Å²) in [5, 5.41) is 15.2. The molecule has 0 atom stereocenters. The van der Waals surface area contributed by atoms with E-state index in [1.54, 1.807) is 4.68 Å². The summed E-state index contributed by atoms with van der Waals surface area (Å²) in [5.41, 5.74) is 2.64. The van der Waals surface area contributed by atoms with Crippen LogP contribution in [-0.2, 0) is 6.42 Å². The second kappa shape index (κ2) is 4.75. The summed E-state index contributed by atoms with van der Waals surface area (Å²) in [5.74, 6) is 0. The third kappa shape index (κ3) is 2.07. The van der Waals surface area contributed by atoms with E-state index in [2.05, 4.69) is 11.2 Å². The van der Waals surface area contributed by atoms with Gasteiger partial charge in [0.2, 0.25) is 0 Å². The van der Waals surface area contributed by atoms with Gasteiger partial charge < -0.3 is 0 Å². The predicted molar refractivity (Wildman–Crippen MR) is 75.4 cm³/mol. The highest BCUT2D eigenvalue weighted by molar-refractivity contribution is 6.30. The van der Waals surface area contributed by atoms with Gasteiger partial charge in [0.25, 0.3) is 0 Å². The lowest BCUT2D eigenvalue weighted by molar-refractivity contribution is 0.844. The van der Waals surface area contributed by atoms with Gasteiger partial charge >= 0.3 is 0 Å². The van der Waals surface area contributed by atoms with Gasteiger partial charge in [-0.05, 0) is 24.3 Å². The molecule has 0 N–H and O–H groups in total. The average molecular weight is 268 g/mol. The number of benzene rings is 2. The van der Waals surface area contributed by atoms with Gasteiger partial charge in [0.1, 0.15) is 0 Å². The van der Waals surface area contributed by atoms with E-state index in [1.807, 2.05) is 48.5 Å². The molecule has 4 heteroatoms. The number of hydrogen-bond donors (Lipinski definition) is 0. The molecule has 0 aliphatic carbocycles. The molecule has 0 amide bonds. The normalized spacial score (nSPS) is 10.5. The van der Waals surface area contributed by atoms with Crippen molar-refractivity contribution in [2.45, 2.75) is 6.42 Å². The van der Waals surface area contributed by atoms with Gasteiger partial charge in [0, 0.05) is 10.4 Å². The van der Waals surface area contributed by atoms with Gasteiger partial charge in [0.05, 0.1) is 29.4 Å². The zero-order valence-electron chi connectivity index (χ0n) is 10.0. The first-order chi connectivity index (χ1) is 9.29. The Bertz CT molecular complexity index is 783. The van der Waals surface area contributed by atoms with Crippen LogP contribution in [0.3, 0.4) is 0 Å². The van der Waals surface area contributed by atoms with E-state index in [9.17, 15) is 0 Å². The highest BCUT2D eigenvalue weighted by Crippen LogP contribution is 2.23. The molecule has 0 aliphatic heterocycles. The Morgan fingerprint density at radius 3 is 2.79 bits per heavy atom. The van der Waals surface area contributed by atoms with Crippen LogP contribution in [0, 0.1) is 11.3 Å². The number of halogens is 1. The van der Waals surface area contributed by atoms with Crippen molar-refractivity contribution in [2.75, 3.05) is 0 Å². The predicted octanol–water partition coefficient (Wildman–Crippen LogP) is 3.74. The fourth-order valence-corrected chi connectivity index (χ4v) is 2.34. The molecule has 2 aromatic carbocycles. The summed E-state index contributed by atoms with van der Waals surface area (Å²) >= 11 is 6.02. The number of aromatic nitrogens is 2. The molecular formula is C15H10ClN3. The van der Waals surface area contributed by atoms with Crippen molar-refractivity contribution in [2.24, 2.45) is 0 Å². The number of nitrogens with zero attached hydrogens (tertiary/aromatic N) is 3. The van der Waals surface area contributed by atoms with Gasteiger partial charge in [-0.25, -0.2) is 4.68 Å². The van der Waals surface area contributed by atoms with Crippen LogP contribution in [0.15, 0.2) is 48.5 Å². The second-order valence-electron chi connectivity index (χ2n) is 4.19. The number of hydrogen-bond acceptors (Lipinski definition) is 2. The summed E-state index contributed by atoms with van der Waals surface area (Å²) in [6.07, 6.45) is 0.313. The molecule has 92 valence electrons. The van der Waals surface area contributed by atoms with Crippen LogP contribution in [-0.4, -0.2) is 9.78 Å². The largest absolute Gasteiger partial charge is 0.235 e. The van der Waals surface area contributed by atoms with Crippen LogP contribution in [0.1, 0.15) is 5.69 Å². The van der Waals surface area contributed by atoms with E-state index < -0.39 is 0 Å². The van der Waals surface area contributed by atoms with Crippen molar-refractivity contribution in [3.05, 3.63) is 59.2 Å². The van der Waals surface area contributed by atoms with E-state index in [4.69, 9.17) is 16.9 Å². The Morgan fingerprint density at radius 1 is 1.16 bits per heavy atom. The molecule has 0 spiro atoms. The molecule has 19 heavy (non-hydrogen) atoms. The zero-order valence-corrected chi connectivity index (χ0v) is 10.8. The van der Waals surface area contributed by atoms with Crippen LogP contribution < -0.4 is 0 Å². The zero-order chi connectivity index (χ0) is 13.2. The summed E-state index contributed by atoms with van der Waals surface area (Å²) in [6.45, 7) is 0. The molecule has 1 aromatic heterocycles. The molecule has 0 bridgehead atoms. The van der Waals surface area contributed by atoms with Crippen LogP contribution >= 0.6 is 11.6 Å². The minimum atomic E-state index is 0.313. The van der Waals surface area contributed by atoms with Gasteiger partial charge in [-0.15, -0.1) is 0 Å². The van der Waals surface area contributed by atoms with Crippen LogP contribution in [0.2, 0.25) is 5.02 Å². The van der Waals surface area contributed by atoms with Gasteiger partial charge in [-0.3, -0.25) is 0 Å². The smallest absolute Gasteiger partial charge is 0.0931 e. The average Bonchev–Trinajstić information content (AvgIpc) is 2.79. The van der Waals surface area contributed by atoms with E-state index >= 15 is 0 Å². The molecule has 3 rings (SSSR count). The molecule has 0 fully saturated rings. The van der Waals surface area contributed by atoms with Crippen LogP contribution in [0.4, 0.5) is 0 Å². The molecule has 0 radical (unpaired) electrons. The third-order valence-electron chi connectivity index (χ3n) is 2.98. The van der Waals surface area contributed by atoms with E-state index in [0.717, 1.165) is 22.3 Å². The van der Waals surface area contributed by atoms with E-state index in [0.29, 0.717) is 11.4 Å². The maximum atomic E-state index is 9.01. The van der Waals surface area contributed by atoms with E-state index in [-0.39, 0.29) is 0 Å². The van der Waals surface area contributed by atoms with Gasteiger partial charge in [-0.1, -0.05) is 35.9 Å². The van der Waals surface area contributed by atoms with Crippen molar-refractivity contribution < 1.29 is 0 Å². The highest BCUT2D eigenvalue weighted by Gasteiger charge is 2.11. The van der Waals surface area contributed by atoms with Crippen molar-refractivity contribution in [3.8, 4) is 11.8 Å². The van der Waals surface area contributed by atoms with Gasteiger partial charge in [-0.2, -0.15) is 10.4 Å². The summed E-state index contributed by atoms with van der Waals surface area (Å²) in [6, 6.07) is 17.5.